The first-order chi connectivity index (χ1) is 9.03. The van der Waals surface area contributed by atoms with E-state index in [4.69, 9.17) is 21.1 Å². The van der Waals surface area contributed by atoms with E-state index in [0.29, 0.717) is 6.54 Å². The molecule has 0 aromatic heterocycles. The minimum atomic E-state index is -0.0958. The molecule has 0 saturated heterocycles. The van der Waals surface area contributed by atoms with Gasteiger partial charge in [-0.05, 0) is 32.0 Å². The van der Waals surface area contributed by atoms with Crippen molar-refractivity contribution in [3.8, 4) is 11.5 Å². The molecule has 0 spiro atoms. The molecule has 1 aromatic rings. The van der Waals surface area contributed by atoms with Gasteiger partial charge in [0, 0.05) is 18.2 Å². The first kappa shape index (κ1) is 15.6. The molecule has 1 rings (SSSR count). The summed E-state index contributed by atoms with van der Waals surface area (Å²) in [5.41, 5.74) is 0.897. The van der Waals surface area contributed by atoms with Gasteiger partial charge in [0.15, 0.2) is 0 Å². The minimum Gasteiger partial charge on any atom is -0.497 e. The van der Waals surface area contributed by atoms with Crippen LogP contribution >= 0.6 is 11.6 Å². The molecular formula is C14H20ClNO3. The van der Waals surface area contributed by atoms with Crippen LogP contribution in [0.25, 0.3) is 0 Å². The Bertz CT molecular complexity index is 435. The maximum absolute atomic E-state index is 11.8. The molecule has 106 valence electrons. The maximum Gasteiger partial charge on any atom is 0.238 e. The lowest BCUT2D eigenvalue weighted by atomic mass is 10.1. The Labute approximate surface area is 119 Å². The number of rotatable bonds is 6. The van der Waals surface area contributed by atoms with Crippen LogP contribution in [0.5, 0.6) is 11.5 Å². The van der Waals surface area contributed by atoms with Crippen LogP contribution in [0, 0.1) is 0 Å². The van der Waals surface area contributed by atoms with Gasteiger partial charge in [-0.3, -0.25) is 4.79 Å². The van der Waals surface area contributed by atoms with E-state index in [1.807, 2.05) is 32.0 Å². The van der Waals surface area contributed by atoms with E-state index in [1.54, 1.807) is 19.1 Å². The summed E-state index contributed by atoms with van der Waals surface area (Å²) in [4.78, 5) is 13.5. The van der Waals surface area contributed by atoms with Crippen LogP contribution in [0.15, 0.2) is 18.2 Å². The molecule has 0 radical (unpaired) electrons. The van der Waals surface area contributed by atoms with Crippen LogP contribution in [0.2, 0.25) is 0 Å². The van der Waals surface area contributed by atoms with Gasteiger partial charge < -0.3 is 14.4 Å². The monoisotopic (exact) mass is 285 g/mol. The Morgan fingerprint density at radius 3 is 2.47 bits per heavy atom. The smallest absolute Gasteiger partial charge is 0.238 e. The molecule has 0 heterocycles. The number of halogens is 1. The van der Waals surface area contributed by atoms with Gasteiger partial charge in [-0.15, -0.1) is 11.6 Å². The Balaban J connectivity index is 3.03. The largest absolute Gasteiger partial charge is 0.497 e. The highest BCUT2D eigenvalue weighted by Crippen LogP contribution is 2.26. The van der Waals surface area contributed by atoms with Gasteiger partial charge in [0.1, 0.15) is 17.4 Å². The first-order valence-electron chi connectivity index (χ1n) is 6.09. The number of amides is 1. The van der Waals surface area contributed by atoms with Crippen molar-refractivity contribution in [2.75, 3.05) is 20.1 Å². The van der Waals surface area contributed by atoms with Crippen LogP contribution in [0.1, 0.15) is 19.4 Å². The fourth-order valence-electron chi connectivity index (χ4n) is 1.82. The second kappa shape index (κ2) is 7.24. The van der Waals surface area contributed by atoms with Crippen molar-refractivity contribution >= 4 is 17.5 Å². The quantitative estimate of drug-likeness (QED) is 0.754. The van der Waals surface area contributed by atoms with Gasteiger partial charge in [0.2, 0.25) is 5.91 Å². The summed E-state index contributed by atoms with van der Waals surface area (Å²) < 4.78 is 10.5. The third kappa shape index (κ3) is 4.03. The van der Waals surface area contributed by atoms with Crippen LogP contribution in [-0.2, 0) is 11.3 Å². The van der Waals surface area contributed by atoms with Crippen molar-refractivity contribution in [2.45, 2.75) is 26.4 Å². The molecular weight excluding hydrogens is 266 g/mol. The second-order valence-corrected chi connectivity index (χ2v) is 4.69. The summed E-state index contributed by atoms with van der Waals surface area (Å²) in [6, 6.07) is 5.60. The number of benzene rings is 1. The number of carbonyl (C=O) groups excluding carboxylic acids is 1. The fourth-order valence-corrected chi connectivity index (χ4v) is 1.98. The van der Waals surface area contributed by atoms with Crippen molar-refractivity contribution in [1.82, 2.24) is 4.90 Å². The summed E-state index contributed by atoms with van der Waals surface area (Å²) in [5, 5.41) is 0. The molecule has 5 heteroatoms. The van der Waals surface area contributed by atoms with E-state index in [-0.39, 0.29) is 17.8 Å². The molecule has 0 bridgehead atoms. The highest BCUT2D eigenvalue weighted by Gasteiger charge is 2.18. The Morgan fingerprint density at radius 1 is 1.32 bits per heavy atom. The molecule has 0 aliphatic carbocycles. The number of nitrogens with zero attached hydrogens (tertiary/aromatic N) is 1. The number of carbonyl (C=O) groups is 1. The van der Waals surface area contributed by atoms with Gasteiger partial charge in [-0.25, -0.2) is 0 Å². The van der Waals surface area contributed by atoms with E-state index in [2.05, 4.69) is 0 Å². The summed E-state index contributed by atoms with van der Waals surface area (Å²) in [7, 11) is 3.21. The van der Waals surface area contributed by atoms with E-state index in [1.165, 1.54) is 0 Å². The normalized spacial score (nSPS) is 10.4. The number of hydrogen-bond acceptors (Lipinski definition) is 3. The molecule has 0 fully saturated rings. The fraction of sp³-hybridized carbons (Fsp3) is 0.500. The van der Waals surface area contributed by atoms with Gasteiger partial charge in [0.05, 0.1) is 14.2 Å². The standard InChI is InChI=1S/C14H20ClNO3/c1-10(2)16(14(17)8-15)9-11-7-12(18-3)5-6-13(11)19-4/h5-7,10H,8-9H2,1-4H3. The zero-order chi connectivity index (χ0) is 14.4. The van der Waals surface area contributed by atoms with Crippen LogP contribution in [0.3, 0.4) is 0 Å². The highest BCUT2D eigenvalue weighted by molar-refractivity contribution is 6.27. The predicted octanol–water partition coefficient (Wildman–Crippen LogP) is 2.68. The Kier molecular flexibility index (Phi) is 5.96. The van der Waals surface area contributed by atoms with Crippen molar-refractivity contribution in [3.05, 3.63) is 23.8 Å². The number of hydrogen-bond donors (Lipinski definition) is 0. The molecule has 1 amide bonds. The zero-order valence-corrected chi connectivity index (χ0v) is 12.5. The predicted molar refractivity (Wildman–Crippen MR) is 76.0 cm³/mol. The zero-order valence-electron chi connectivity index (χ0n) is 11.8. The van der Waals surface area contributed by atoms with Crippen molar-refractivity contribution < 1.29 is 14.3 Å². The lowest BCUT2D eigenvalue weighted by Gasteiger charge is -2.27. The van der Waals surface area contributed by atoms with Gasteiger partial charge in [0.25, 0.3) is 0 Å². The van der Waals surface area contributed by atoms with E-state index >= 15 is 0 Å². The summed E-state index contributed by atoms with van der Waals surface area (Å²) in [6.45, 7) is 4.36. The molecule has 0 aliphatic rings. The van der Waals surface area contributed by atoms with Gasteiger partial charge >= 0.3 is 0 Å². The molecule has 0 atom stereocenters. The van der Waals surface area contributed by atoms with E-state index in [9.17, 15) is 4.79 Å². The molecule has 0 saturated carbocycles. The van der Waals surface area contributed by atoms with E-state index in [0.717, 1.165) is 17.1 Å². The SMILES string of the molecule is COc1ccc(OC)c(CN(C(=O)CCl)C(C)C)c1. The molecule has 1 aromatic carbocycles. The number of ether oxygens (including phenoxy) is 2. The molecule has 0 N–H and O–H groups in total. The van der Waals surface area contributed by atoms with Crippen LogP contribution in [-0.4, -0.2) is 36.9 Å². The maximum atomic E-state index is 11.8. The molecule has 0 aliphatic heterocycles. The summed E-state index contributed by atoms with van der Waals surface area (Å²) in [5.74, 6) is 1.35. The van der Waals surface area contributed by atoms with Gasteiger partial charge in [-0.1, -0.05) is 0 Å². The first-order valence-corrected chi connectivity index (χ1v) is 6.63. The molecule has 4 nitrogen and oxygen atoms in total. The summed E-state index contributed by atoms with van der Waals surface area (Å²) >= 11 is 5.64. The topological polar surface area (TPSA) is 38.8 Å². The molecule has 19 heavy (non-hydrogen) atoms. The Morgan fingerprint density at radius 2 is 2.00 bits per heavy atom. The average molecular weight is 286 g/mol. The lowest BCUT2D eigenvalue weighted by Crippen LogP contribution is -2.37. The van der Waals surface area contributed by atoms with Gasteiger partial charge in [-0.2, -0.15) is 0 Å². The minimum absolute atomic E-state index is 0.0233. The van der Waals surface area contributed by atoms with Crippen molar-refractivity contribution in [1.29, 1.82) is 0 Å². The summed E-state index contributed by atoms with van der Waals surface area (Å²) in [6.07, 6.45) is 0. The number of methoxy groups -OCH3 is 2. The van der Waals surface area contributed by atoms with Crippen molar-refractivity contribution in [2.24, 2.45) is 0 Å². The number of alkyl halides is 1. The van der Waals surface area contributed by atoms with Crippen LogP contribution < -0.4 is 9.47 Å². The average Bonchev–Trinajstić information content (AvgIpc) is 2.43. The van der Waals surface area contributed by atoms with E-state index < -0.39 is 0 Å². The highest BCUT2D eigenvalue weighted by atomic mass is 35.5. The van der Waals surface area contributed by atoms with Crippen molar-refractivity contribution in [3.63, 3.8) is 0 Å². The molecule has 0 unspecified atom stereocenters. The lowest BCUT2D eigenvalue weighted by molar-refractivity contribution is -0.130. The Hall–Kier alpha value is -1.42. The second-order valence-electron chi connectivity index (χ2n) is 4.43. The third-order valence-electron chi connectivity index (χ3n) is 2.89. The third-order valence-corrected chi connectivity index (χ3v) is 3.11. The van der Waals surface area contributed by atoms with Crippen LogP contribution in [0.4, 0.5) is 0 Å².